The minimum atomic E-state index is -4.46. The third-order valence-electron chi connectivity index (χ3n) is 4.34. The summed E-state index contributed by atoms with van der Waals surface area (Å²) in [7, 11) is -3.22. The lowest BCUT2D eigenvalue weighted by Crippen LogP contribution is -2.16. The standard InChI is InChI=1S/C19H12ClF2N5O4S/c1-31-18-15(26-32(29,30)16-4-3-11(21)6-13(16)22)7-14(24-25-18)10-2-5-17-23-8-12(20)19(28)27(17)9-10/h2-9H,1H3,(H,24,26). The van der Waals surface area contributed by atoms with Crippen LogP contribution in [0.3, 0.4) is 0 Å². The Balaban J connectivity index is 1.79. The fourth-order valence-electron chi connectivity index (χ4n) is 2.84. The molecule has 4 aromatic rings. The number of nitrogens with zero attached hydrogens (tertiary/aromatic N) is 4. The molecule has 0 aliphatic rings. The Labute approximate surface area is 184 Å². The average molecular weight is 480 g/mol. The predicted octanol–water partition coefficient (Wildman–Crippen LogP) is 2.89. The Hall–Kier alpha value is -3.64. The maximum Gasteiger partial charge on any atom is 0.276 e. The van der Waals surface area contributed by atoms with Gasteiger partial charge in [-0.2, -0.15) is 0 Å². The molecule has 3 aromatic heterocycles. The molecule has 0 amide bonds. The quantitative estimate of drug-likeness (QED) is 0.468. The molecule has 1 N–H and O–H groups in total. The molecule has 1 aromatic carbocycles. The van der Waals surface area contributed by atoms with E-state index in [0.717, 1.165) is 12.1 Å². The first-order valence-electron chi connectivity index (χ1n) is 8.76. The molecular formula is C19H12ClF2N5O4S. The van der Waals surface area contributed by atoms with Gasteiger partial charge in [-0.25, -0.2) is 22.2 Å². The number of ether oxygens (including phenoxy) is 1. The fraction of sp³-hybridized carbons (Fsp3) is 0.0526. The van der Waals surface area contributed by atoms with E-state index in [9.17, 15) is 22.0 Å². The van der Waals surface area contributed by atoms with Crippen molar-refractivity contribution in [3.8, 4) is 17.1 Å². The maximum atomic E-state index is 14.0. The summed E-state index contributed by atoms with van der Waals surface area (Å²) in [6, 6.07) is 6.47. The van der Waals surface area contributed by atoms with Crippen LogP contribution in [0.25, 0.3) is 16.9 Å². The summed E-state index contributed by atoms with van der Waals surface area (Å²) in [6.45, 7) is 0. The number of rotatable bonds is 5. The van der Waals surface area contributed by atoms with Crippen LogP contribution in [0.1, 0.15) is 0 Å². The number of benzene rings is 1. The zero-order valence-corrected chi connectivity index (χ0v) is 17.7. The first kappa shape index (κ1) is 21.6. The number of anilines is 1. The van der Waals surface area contributed by atoms with Gasteiger partial charge < -0.3 is 4.74 Å². The Morgan fingerprint density at radius 1 is 1.12 bits per heavy atom. The smallest absolute Gasteiger partial charge is 0.276 e. The molecule has 0 aliphatic carbocycles. The van der Waals surface area contributed by atoms with Crippen molar-refractivity contribution in [2.45, 2.75) is 4.90 Å². The third-order valence-corrected chi connectivity index (χ3v) is 6.00. The zero-order chi connectivity index (χ0) is 23.0. The van der Waals surface area contributed by atoms with Gasteiger partial charge in [0.25, 0.3) is 21.5 Å². The van der Waals surface area contributed by atoms with E-state index in [4.69, 9.17) is 16.3 Å². The van der Waals surface area contributed by atoms with Crippen LogP contribution in [0.5, 0.6) is 5.88 Å². The molecule has 0 saturated carbocycles. The van der Waals surface area contributed by atoms with E-state index in [-0.39, 0.29) is 22.3 Å². The van der Waals surface area contributed by atoms with Crippen LogP contribution < -0.4 is 15.0 Å². The molecule has 3 heterocycles. The molecule has 0 fully saturated rings. The van der Waals surface area contributed by atoms with Crippen molar-refractivity contribution in [2.75, 3.05) is 11.8 Å². The van der Waals surface area contributed by atoms with Gasteiger partial charge in [-0.15, -0.1) is 10.2 Å². The zero-order valence-electron chi connectivity index (χ0n) is 16.1. The van der Waals surface area contributed by atoms with E-state index in [0.29, 0.717) is 17.3 Å². The molecule has 4 rings (SSSR count). The first-order valence-corrected chi connectivity index (χ1v) is 10.6. The molecule has 0 unspecified atom stereocenters. The predicted molar refractivity (Wildman–Crippen MR) is 111 cm³/mol. The van der Waals surface area contributed by atoms with Crippen LogP contribution in [-0.2, 0) is 10.0 Å². The van der Waals surface area contributed by atoms with E-state index >= 15 is 0 Å². The van der Waals surface area contributed by atoms with Crippen molar-refractivity contribution in [3.05, 3.63) is 75.8 Å². The Bertz CT molecular complexity index is 1530. The van der Waals surface area contributed by atoms with Crippen molar-refractivity contribution >= 4 is 33.0 Å². The molecule has 164 valence electrons. The van der Waals surface area contributed by atoms with Gasteiger partial charge in [-0.3, -0.25) is 13.9 Å². The number of fused-ring (bicyclic) bond motifs is 1. The Morgan fingerprint density at radius 3 is 2.62 bits per heavy atom. The van der Waals surface area contributed by atoms with Crippen molar-refractivity contribution < 1.29 is 21.9 Å². The van der Waals surface area contributed by atoms with Gasteiger partial charge in [0.05, 0.1) is 19.0 Å². The topological polar surface area (TPSA) is 116 Å². The van der Waals surface area contributed by atoms with E-state index in [1.165, 1.54) is 36.0 Å². The molecule has 0 aliphatic heterocycles. The van der Waals surface area contributed by atoms with Crippen LogP contribution in [-0.4, -0.2) is 35.1 Å². The van der Waals surface area contributed by atoms with Crippen LogP contribution >= 0.6 is 11.6 Å². The van der Waals surface area contributed by atoms with E-state index in [1.807, 2.05) is 0 Å². The summed E-state index contributed by atoms with van der Waals surface area (Å²) in [5, 5.41) is 7.71. The third kappa shape index (κ3) is 3.97. The lowest BCUT2D eigenvalue weighted by Gasteiger charge is -2.12. The molecule has 0 spiro atoms. The second-order valence-electron chi connectivity index (χ2n) is 6.39. The van der Waals surface area contributed by atoms with Gasteiger partial charge >= 0.3 is 0 Å². The molecule has 0 bridgehead atoms. The summed E-state index contributed by atoms with van der Waals surface area (Å²) in [5.41, 5.74) is 0.215. The van der Waals surface area contributed by atoms with Crippen molar-refractivity contribution in [1.29, 1.82) is 0 Å². The molecule has 0 atom stereocenters. The van der Waals surface area contributed by atoms with E-state index < -0.39 is 32.1 Å². The van der Waals surface area contributed by atoms with Crippen LogP contribution in [0.15, 0.2) is 58.5 Å². The van der Waals surface area contributed by atoms with Gasteiger partial charge in [-0.05, 0) is 30.3 Å². The summed E-state index contributed by atoms with van der Waals surface area (Å²) in [4.78, 5) is 15.5. The number of hydrogen-bond acceptors (Lipinski definition) is 7. The van der Waals surface area contributed by atoms with E-state index in [1.54, 1.807) is 6.07 Å². The highest BCUT2D eigenvalue weighted by Gasteiger charge is 2.22. The second-order valence-corrected chi connectivity index (χ2v) is 8.45. The SMILES string of the molecule is COc1nnc(-c2ccc3ncc(Cl)c(=O)n3c2)cc1NS(=O)(=O)c1ccc(F)cc1F. The van der Waals surface area contributed by atoms with Gasteiger partial charge in [0.1, 0.15) is 32.9 Å². The minimum absolute atomic E-state index is 0.0877. The number of hydrogen-bond donors (Lipinski definition) is 1. The highest BCUT2D eigenvalue weighted by atomic mass is 35.5. The Kier molecular flexibility index (Phi) is 5.48. The van der Waals surface area contributed by atoms with Crippen molar-refractivity contribution in [3.63, 3.8) is 0 Å². The summed E-state index contributed by atoms with van der Waals surface area (Å²) in [5.74, 6) is -2.38. The first-order chi connectivity index (χ1) is 15.2. The molecular weight excluding hydrogens is 468 g/mol. The molecule has 9 nitrogen and oxygen atoms in total. The molecule has 0 radical (unpaired) electrons. The number of nitrogens with one attached hydrogen (secondary N) is 1. The minimum Gasteiger partial charge on any atom is -0.478 e. The van der Waals surface area contributed by atoms with Crippen LogP contribution in [0.2, 0.25) is 5.02 Å². The highest BCUT2D eigenvalue weighted by molar-refractivity contribution is 7.92. The molecule has 13 heteroatoms. The monoisotopic (exact) mass is 479 g/mol. The maximum absolute atomic E-state index is 14.0. The summed E-state index contributed by atoms with van der Waals surface area (Å²) >= 11 is 5.83. The lowest BCUT2D eigenvalue weighted by molar-refractivity contribution is 0.394. The Morgan fingerprint density at radius 2 is 1.91 bits per heavy atom. The highest BCUT2D eigenvalue weighted by Crippen LogP contribution is 2.29. The normalized spacial score (nSPS) is 11.5. The van der Waals surface area contributed by atoms with Crippen molar-refractivity contribution in [1.82, 2.24) is 19.6 Å². The fourth-order valence-corrected chi connectivity index (χ4v) is 4.09. The number of pyridine rings is 1. The molecule has 32 heavy (non-hydrogen) atoms. The van der Waals surface area contributed by atoms with Gasteiger partial charge in [0.2, 0.25) is 0 Å². The van der Waals surface area contributed by atoms with Gasteiger partial charge in [0, 0.05) is 17.8 Å². The summed E-state index contributed by atoms with van der Waals surface area (Å²) < 4.78 is 60.9. The average Bonchev–Trinajstić information content (AvgIpc) is 2.75. The number of sulfonamides is 1. The van der Waals surface area contributed by atoms with Crippen LogP contribution in [0.4, 0.5) is 14.5 Å². The van der Waals surface area contributed by atoms with Crippen molar-refractivity contribution in [2.24, 2.45) is 0 Å². The lowest BCUT2D eigenvalue weighted by atomic mass is 10.2. The van der Waals surface area contributed by atoms with Gasteiger partial charge in [-0.1, -0.05) is 11.6 Å². The summed E-state index contributed by atoms with van der Waals surface area (Å²) in [6.07, 6.45) is 2.64. The molecule has 0 saturated heterocycles. The van der Waals surface area contributed by atoms with E-state index in [2.05, 4.69) is 19.9 Å². The number of halogens is 3. The van der Waals surface area contributed by atoms with Gasteiger partial charge in [0.15, 0.2) is 0 Å². The largest absolute Gasteiger partial charge is 0.478 e. The number of aromatic nitrogens is 4. The number of methoxy groups -OCH3 is 1. The second kappa shape index (κ2) is 8.13. The van der Waals surface area contributed by atoms with Crippen LogP contribution in [0, 0.1) is 11.6 Å².